The van der Waals surface area contributed by atoms with Gasteiger partial charge in [-0.05, 0) is 235 Å². The van der Waals surface area contributed by atoms with E-state index < -0.39 is 27.6 Å². The van der Waals surface area contributed by atoms with E-state index in [1.807, 2.05) is 125 Å². The number of hydrogen-bond acceptors (Lipinski definition) is 19. The van der Waals surface area contributed by atoms with Gasteiger partial charge < -0.3 is 90.5 Å². The Bertz CT molecular complexity index is 4990. The van der Waals surface area contributed by atoms with Crippen molar-refractivity contribution in [3.63, 3.8) is 0 Å². The molecule has 8 aromatic rings. The number of rotatable bonds is 37. The summed E-state index contributed by atoms with van der Waals surface area (Å²) in [5.74, 6) is 1.66. The number of carbonyl (C=O) groups excluding carboxylic acids is 4. The number of amides is 3. The Kier molecular flexibility index (Phi) is 46.0. The van der Waals surface area contributed by atoms with Crippen LogP contribution in [0.15, 0.2) is 170 Å². The zero-order valence-electron chi connectivity index (χ0n) is 80.8. The molecule has 0 spiro atoms. The summed E-state index contributed by atoms with van der Waals surface area (Å²) in [6.07, 6.45) is 8.74. The van der Waals surface area contributed by atoms with Crippen LogP contribution in [0.1, 0.15) is 129 Å². The zero-order valence-corrected chi connectivity index (χ0v) is 89.1. The van der Waals surface area contributed by atoms with E-state index in [0.717, 1.165) is 138 Å². The minimum atomic E-state index is -0.771. The highest BCUT2D eigenvalue weighted by Crippen LogP contribution is 2.46. The predicted octanol–water partition coefficient (Wildman–Crippen LogP) is 21.6. The summed E-state index contributed by atoms with van der Waals surface area (Å²) in [7, 11) is 7.37. The molecular formula is C104H137Cl11N10O12. The molecule has 4 saturated heterocycles. The number of ether oxygens (including phenoxy) is 4. The molecule has 752 valence electrons. The minimum Gasteiger partial charge on any atom is -0.491 e. The van der Waals surface area contributed by atoms with Crippen molar-refractivity contribution < 1.29 is 58.6 Å². The minimum absolute atomic E-state index is 0.0957. The number of carbonyl (C=O) groups is 4. The maximum atomic E-state index is 12.2. The maximum absolute atomic E-state index is 12.2. The number of nitrogens with zero attached hydrogens (tertiary/aromatic N) is 6. The van der Waals surface area contributed by atoms with E-state index in [1.165, 1.54) is 0 Å². The monoisotopic (exact) mass is 2100 g/mol. The van der Waals surface area contributed by atoms with Crippen LogP contribution in [0.25, 0.3) is 0 Å². The number of alkyl halides is 2. The normalized spacial score (nSPS) is 20.1. The van der Waals surface area contributed by atoms with Crippen LogP contribution in [-0.2, 0) is 44.9 Å². The van der Waals surface area contributed by atoms with Gasteiger partial charge in [0.05, 0.1) is 90.6 Å². The highest BCUT2D eigenvalue weighted by Gasteiger charge is 2.51. The summed E-state index contributed by atoms with van der Waals surface area (Å²) in [4.78, 5) is 58.6. The summed E-state index contributed by atoms with van der Waals surface area (Å²) in [5, 5.41) is 58.9. The molecule has 12 rings (SSSR count). The van der Waals surface area contributed by atoms with Gasteiger partial charge in [-0.15, -0.1) is 23.2 Å². The Morgan fingerprint density at radius 3 is 0.781 bits per heavy atom. The lowest BCUT2D eigenvalue weighted by molar-refractivity contribution is -0.118. The van der Waals surface area contributed by atoms with E-state index in [2.05, 4.69) is 90.9 Å². The number of nitrogens with one attached hydrogen (secondary N) is 3. The first-order valence-electron chi connectivity index (χ1n) is 46.2. The van der Waals surface area contributed by atoms with Crippen LogP contribution in [-0.4, -0.2) is 253 Å². The van der Waals surface area contributed by atoms with E-state index >= 15 is 0 Å². The third-order valence-corrected chi connectivity index (χ3v) is 28.5. The van der Waals surface area contributed by atoms with Gasteiger partial charge in [0.1, 0.15) is 28.9 Å². The number of piperidine rings is 4. The van der Waals surface area contributed by atoms with Crippen molar-refractivity contribution in [2.75, 3.05) is 180 Å². The molecule has 137 heavy (non-hydrogen) atoms. The Morgan fingerprint density at radius 1 is 0.343 bits per heavy atom. The average Bonchev–Trinajstić information content (AvgIpc) is 0.783. The second kappa shape index (κ2) is 54.4. The van der Waals surface area contributed by atoms with E-state index in [9.17, 15) is 39.6 Å². The van der Waals surface area contributed by atoms with Crippen molar-refractivity contribution in [2.24, 2.45) is 21.7 Å². The summed E-state index contributed by atoms with van der Waals surface area (Å²) in [6.45, 7) is 30.0. The van der Waals surface area contributed by atoms with Crippen molar-refractivity contribution in [2.45, 2.75) is 155 Å². The summed E-state index contributed by atoms with van der Waals surface area (Å²) >= 11 is 63.4. The lowest BCUT2D eigenvalue weighted by Gasteiger charge is -2.50. The van der Waals surface area contributed by atoms with Crippen LogP contribution in [0.5, 0.6) is 23.0 Å². The van der Waals surface area contributed by atoms with E-state index in [4.69, 9.17) is 152 Å². The van der Waals surface area contributed by atoms with Crippen LogP contribution in [0, 0.1) is 21.7 Å². The molecule has 0 saturated carbocycles. The molecule has 8 aromatic carbocycles. The molecule has 0 aromatic heterocycles. The highest BCUT2D eigenvalue weighted by atomic mass is 35.5. The maximum Gasteiger partial charge on any atom is 0.239 e. The van der Waals surface area contributed by atoms with Crippen molar-refractivity contribution in [3.05, 3.63) is 232 Å². The van der Waals surface area contributed by atoms with Gasteiger partial charge in [0.15, 0.2) is 0 Å². The molecule has 4 fully saturated rings. The van der Waals surface area contributed by atoms with Crippen LogP contribution < -0.4 is 40.6 Å². The molecule has 4 aliphatic heterocycles. The largest absolute Gasteiger partial charge is 0.491 e. The molecule has 0 bridgehead atoms. The Balaban J connectivity index is 0.000000221. The molecule has 9 N–H and O–H groups in total. The van der Waals surface area contributed by atoms with Crippen molar-refractivity contribution in [1.82, 2.24) is 29.4 Å². The predicted molar refractivity (Wildman–Crippen MR) is 566 cm³/mol. The second-order valence-corrected chi connectivity index (χ2v) is 43.6. The lowest BCUT2D eigenvalue weighted by atomic mass is 9.67. The van der Waals surface area contributed by atoms with Gasteiger partial charge in [0.2, 0.25) is 23.0 Å². The molecule has 0 aliphatic carbocycles. The van der Waals surface area contributed by atoms with Crippen molar-refractivity contribution in [1.29, 1.82) is 0 Å². The lowest BCUT2D eigenvalue weighted by Crippen LogP contribution is -2.58. The number of likely N-dealkylation sites (tertiary alicyclic amines) is 4. The first-order chi connectivity index (χ1) is 64.5. The summed E-state index contributed by atoms with van der Waals surface area (Å²) in [5.41, 5.74) is 8.54. The van der Waals surface area contributed by atoms with Crippen molar-refractivity contribution in [3.8, 4) is 23.0 Å². The fourth-order valence-electron chi connectivity index (χ4n) is 17.5. The third kappa shape index (κ3) is 37.4. The van der Waals surface area contributed by atoms with Gasteiger partial charge in [0.25, 0.3) is 0 Å². The summed E-state index contributed by atoms with van der Waals surface area (Å²) in [6, 6.07) is 51.9. The van der Waals surface area contributed by atoms with Crippen molar-refractivity contribution >= 4 is 173 Å². The van der Waals surface area contributed by atoms with Gasteiger partial charge in [-0.1, -0.05) is 197 Å². The Labute approximate surface area is 865 Å². The van der Waals surface area contributed by atoms with E-state index in [1.54, 1.807) is 82.6 Å². The van der Waals surface area contributed by atoms with Gasteiger partial charge in [-0.3, -0.25) is 19.2 Å². The van der Waals surface area contributed by atoms with Gasteiger partial charge in [-0.25, -0.2) is 0 Å². The highest BCUT2D eigenvalue weighted by molar-refractivity contribution is 6.67. The number of benzene rings is 8. The first kappa shape index (κ1) is 116. The van der Waals surface area contributed by atoms with Crippen LogP contribution in [0.2, 0.25) is 40.2 Å². The average molecular weight is 2110 g/mol. The number of hydrogen-bond donors (Lipinski definition) is 8. The fourth-order valence-corrected chi connectivity index (χ4v) is 18.8. The standard InChI is InChI=1S/2C27H37Cl2N3O3.C25H31Cl3N2O3.C23H30Cl2N2O2.C2H2Cl2O/c2*1-26(2)19-32(14-12-27(26,34)17-20-6-8-21(28)9-7-20)13-5-15-35-24-11-10-22(29)16-23(24)30-25(33)18-31(3)4;1-24(2)17-30(12-10-25(24,32)15-18-4-6-19(27)7-5-18)11-3-13-33-22-9-8-20(28)14-21(22)29-23(31)16-26;1-22(2)16-27(11-3-13-29-21-9-8-19(25)14-20(21)26)12-10-23(22,28)15-17-4-6-18(24)7-5-17;3-1-2(4)5/h2*6-11,16,34H,5,12-15,17-19H2,1-4H3,(H,30,33);4-9,14,32H,3,10-13,15-17H2,1-2H3,(H,29,31);4-9,14,28H,3,10-13,15-16,26H2,1-2H3;1H2. The molecule has 4 unspecified atom stereocenters. The quantitative estimate of drug-likeness (QED) is 0.00778. The number of likely N-dealkylation sites (N-methyl/N-ethyl adjacent to an activating group) is 2. The molecule has 4 aliphatic rings. The molecule has 33 heteroatoms. The van der Waals surface area contributed by atoms with Gasteiger partial charge in [-0.2, -0.15) is 0 Å². The van der Waals surface area contributed by atoms with Crippen LogP contribution >= 0.6 is 128 Å². The number of aliphatic hydroxyl groups is 4. The third-order valence-electron chi connectivity index (χ3n) is 25.8. The number of halogens is 11. The Morgan fingerprint density at radius 2 is 0.562 bits per heavy atom. The molecule has 0 radical (unpaired) electrons. The molecule has 22 nitrogen and oxygen atoms in total. The van der Waals surface area contributed by atoms with E-state index in [-0.39, 0.29) is 64.2 Å². The molecule has 3 amide bonds. The number of nitrogens with two attached hydrogens (primary N) is 1. The smallest absolute Gasteiger partial charge is 0.239 e. The SMILES string of the molecule is CC1(C)CN(CCCOc2ccc(Cl)cc2N)CCC1(O)Cc1ccc(Cl)cc1.CC1(C)CN(CCCOc2ccc(Cl)cc2NC(=O)CCl)CCC1(O)Cc1ccc(Cl)cc1.CN(C)CC(=O)Nc1cc(Cl)ccc1OCCCN1CCC(O)(Cc2ccc(Cl)cc2)C(C)(C)C1.CN(C)CC(=O)Nc1cc(Cl)ccc1OCCCN1CCC(O)(Cc2ccc(Cl)cc2)C(C)(C)C1.O=C(Cl)CCl. The molecular weight excluding hydrogens is 1970 g/mol. The van der Waals surface area contributed by atoms with Gasteiger partial charge in [0, 0.05) is 166 Å². The van der Waals surface area contributed by atoms with Crippen LogP contribution in [0.3, 0.4) is 0 Å². The molecule has 4 heterocycles. The topological polar surface area (TPSA) is 268 Å². The van der Waals surface area contributed by atoms with Crippen LogP contribution in [0.4, 0.5) is 22.7 Å². The first-order valence-corrected chi connectivity index (χ1v) is 50.7. The summed E-state index contributed by atoms with van der Waals surface area (Å²) < 4.78 is 23.7. The number of nitrogen functional groups attached to an aromatic ring is 1. The number of anilines is 4. The van der Waals surface area contributed by atoms with Gasteiger partial charge >= 0.3 is 0 Å². The molecule has 4 atom stereocenters. The Hall–Kier alpha value is -6.37. The van der Waals surface area contributed by atoms with E-state index in [0.29, 0.717) is 152 Å². The second-order valence-electron chi connectivity index (χ2n) is 39.1. The fraction of sp³-hybridized carbons (Fsp3) is 0.500. The zero-order chi connectivity index (χ0) is 101.